The van der Waals surface area contributed by atoms with Gasteiger partial charge in [-0.15, -0.1) is 18.0 Å². The highest BCUT2D eigenvalue weighted by atomic mass is 79.9. The maximum atomic E-state index is 6.45. The molecule has 1 heterocycles. The molecule has 1 aliphatic rings. The summed E-state index contributed by atoms with van der Waals surface area (Å²) in [4.78, 5) is 0.377. The molecule has 0 fully saturated rings. The van der Waals surface area contributed by atoms with Crippen LogP contribution >= 0.6 is 27.5 Å². The molecular formula is C16H22BrClO. The Kier molecular flexibility index (Phi) is 8.53. The third-order valence-electron chi connectivity index (χ3n) is 3.27. The van der Waals surface area contributed by atoms with Crippen molar-refractivity contribution in [1.29, 1.82) is 0 Å². The highest BCUT2D eigenvalue weighted by Gasteiger charge is 2.26. The Balaban J connectivity index is 2.73. The summed E-state index contributed by atoms with van der Waals surface area (Å²) in [7, 11) is 0. The smallest absolute Gasteiger partial charge is 0.0780 e. The van der Waals surface area contributed by atoms with E-state index in [1.165, 1.54) is 0 Å². The van der Waals surface area contributed by atoms with Crippen molar-refractivity contribution in [1.82, 2.24) is 0 Å². The summed E-state index contributed by atoms with van der Waals surface area (Å²) in [6.45, 7) is 2.16. The van der Waals surface area contributed by atoms with Gasteiger partial charge in [0.25, 0.3) is 0 Å². The molecule has 1 aliphatic heterocycles. The minimum absolute atomic E-state index is 0.00386. The molecule has 0 N–H and O–H groups in total. The van der Waals surface area contributed by atoms with E-state index >= 15 is 0 Å². The predicted molar refractivity (Wildman–Crippen MR) is 86.9 cm³/mol. The summed E-state index contributed by atoms with van der Waals surface area (Å²) in [5.74, 6) is 2.51. The normalized spacial score (nSPS) is 30.3. The van der Waals surface area contributed by atoms with Gasteiger partial charge in [0.2, 0.25) is 0 Å². The molecule has 1 nitrogen and oxygen atoms in total. The zero-order chi connectivity index (χ0) is 14.1. The first-order valence-electron chi connectivity index (χ1n) is 6.88. The van der Waals surface area contributed by atoms with Crippen LogP contribution in [0.15, 0.2) is 24.3 Å². The van der Waals surface area contributed by atoms with E-state index in [-0.39, 0.29) is 17.6 Å². The first kappa shape index (κ1) is 16.8. The van der Waals surface area contributed by atoms with Crippen LogP contribution in [0.25, 0.3) is 0 Å². The number of terminal acetylenes is 1. The molecule has 0 saturated heterocycles. The van der Waals surface area contributed by atoms with Crippen LogP contribution in [0, 0.1) is 12.3 Å². The monoisotopic (exact) mass is 344 g/mol. The molecule has 19 heavy (non-hydrogen) atoms. The molecule has 0 spiro atoms. The molecule has 0 aromatic rings. The molecule has 0 radical (unpaired) electrons. The van der Waals surface area contributed by atoms with Crippen LogP contribution in [0.1, 0.15) is 39.0 Å². The van der Waals surface area contributed by atoms with E-state index in [9.17, 15) is 0 Å². The lowest BCUT2D eigenvalue weighted by molar-refractivity contribution is -0.0149. The number of halogens is 2. The Hall–Kier alpha value is -0.230. The van der Waals surface area contributed by atoms with Gasteiger partial charge in [-0.1, -0.05) is 47.0 Å². The fraction of sp³-hybridized carbons (Fsp3) is 0.625. The standard InChI is InChI=1S/C16H22BrClO/c1-3-5-7-12-16-14(18)10-8-6-9-11-15(19-16)13(17)4-2/h1,5-8,13-16H,4,9-12H2,2H3. The first-order valence-corrected chi connectivity index (χ1v) is 8.24. The molecular weight excluding hydrogens is 324 g/mol. The van der Waals surface area contributed by atoms with Gasteiger partial charge in [0.05, 0.1) is 17.6 Å². The van der Waals surface area contributed by atoms with Gasteiger partial charge < -0.3 is 4.74 Å². The molecule has 106 valence electrons. The van der Waals surface area contributed by atoms with E-state index in [0.717, 1.165) is 32.1 Å². The summed E-state index contributed by atoms with van der Waals surface area (Å²) >= 11 is 10.2. The summed E-state index contributed by atoms with van der Waals surface area (Å²) in [6.07, 6.45) is 18.3. The largest absolute Gasteiger partial charge is 0.372 e. The molecule has 4 unspecified atom stereocenters. The fourth-order valence-corrected chi connectivity index (χ4v) is 2.79. The first-order chi connectivity index (χ1) is 9.19. The number of hydrogen-bond donors (Lipinski definition) is 0. The quantitative estimate of drug-likeness (QED) is 0.402. The van der Waals surface area contributed by atoms with E-state index < -0.39 is 0 Å². The summed E-state index contributed by atoms with van der Waals surface area (Å²) in [6, 6.07) is 0. The average molecular weight is 346 g/mol. The van der Waals surface area contributed by atoms with Crippen molar-refractivity contribution in [3.05, 3.63) is 24.3 Å². The molecule has 4 atom stereocenters. The molecule has 0 aliphatic carbocycles. The second-order valence-electron chi connectivity index (χ2n) is 4.74. The highest BCUT2D eigenvalue weighted by molar-refractivity contribution is 9.09. The Morgan fingerprint density at radius 3 is 3.05 bits per heavy atom. The lowest BCUT2D eigenvalue weighted by Crippen LogP contribution is -2.33. The van der Waals surface area contributed by atoms with Crippen molar-refractivity contribution in [2.75, 3.05) is 0 Å². The van der Waals surface area contributed by atoms with Gasteiger partial charge in [-0.25, -0.2) is 0 Å². The van der Waals surface area contributed by atoms with Gasteiger partial charge in [0.1, 0.15) is 0 Å². The number of ether oxygens (including phenoxy) is 1. The van der Waals surface area contributed by atoms with Gasteiger partial charge in [-0.3, -0.25) is 0 Å². The molecule has 0 aromatic carbocycles. The van der Waals surface area contributed by atoms with Gasteiger partial charge in [-0.2, -0.15) is 0 Å². The van der Waals surface area contributed by atoms with E-state index in [0.29, 0.717) is 4.83 Å². The zero-order valence-electron chi connectivity index (χ0n) is 11.4. The van der Waals surface area contributed by atoms with Crippen LogP contribution in [0.4, 0.5) is 0 Å². The third-order valence-corrected chi connectivity index (χ3v) is 4.97. The number of rotatable bonds is 4. The Morgan fingerprint density at radius 1 is 1.58 bits per heavy atom. The van der Waals surface area contributed by atoms with E-state index in [4.69, 9.17) is 22.8 Å². The number of allylic oxidation sites excluding steroid dienone is 3. The zero-order valence-corrected chi connectivity index (χ0v) is 13.7. The number of hydrogen-bond acceptors (Lipinski definition) is 1. The second-order valence-corrected chi connectivity index (χ2v) is 6.48. The van der Waals surface area contributed by atoms with E-state index in [1.807, 2.05) is 6.08 Å². The van der Waals surface area contributed by atoms with Crippen LogP contribution in [-0.4, -0.2) is 22.4 Å². The van der Waals surface area contributed by atoms with Crippen molar-refractivity contribution in [2.45, 2.75) is 61.4 Å². The molecule has 3 heteroatoms. The van der Waals surface area contributed by atoms with Crippen molar-refractivity contribution in [2.24, 2.45) is 0 Å². The van der Waals surface area contributed by atoms with Gasteiger partial charge in [-0.05, 0) is 38.2 Å². The van der Waals surface area contributed by atoms with Crippen molar-refractivity contribution < 1.29 is 4.74 Å². The summed E-state index contributed by atoms with van der Waals surface area (Å²) in [5.41, 5.74) is 0. The predicted octanol–water partition coefficient (Wildman–Crippen LogP) is 4.84. The Labute approximate surface area is 130 Å². The third kappa shape index (κ3) is 6.17. The maximum Gasteiger partial charge on any atom is 0.0780 e. The van der Waals surface area contributed by atoms with Gasteiger partial charge in [0.15, 0.2) is 0 Å². The van der Waals surface area contributed by atoms with Crippen molar-refractivity contribution in [3.8, 4) is 12.3 Å². The molecule has 0 saturated carbocycles. The van der Waals surface area contributed by atoms with Gasteiger partial charge >= 0.3 is 0 Å². The van der Waals surface area contributed by atoms with Crippen molar-refractivity contribution >= 4 is 27.5 Å². The topological polar surface area (TPSA) is 9.23 Å². The lowest BCUT2D eigenvalue weighted by Gasteiger charge is -2.29. The van der Waals surface area contributed by atoms with Crippen molar-refractivity contribution in [3.63, 3.8) is 0 Å². The molecule has 0 bridgehead atoms. The van der Waals surface area contributed by atoms with Crippen LogP contribution in [-0.2, 0) is 4.74 Å². The Bertz CT molecular complexity index is 345. The van der Waals surface area contributed by atoms with Crippen LogP contribution in [0.3, 0.4) is 0 Å². The SMILES string of the molecule is C#CC=CCC1OC(C(Br)CC)CCC=CCC1Cl. The Morgan fingerprint density at radius 2 is 2.37 bits per heavy atom. The lowest BCUT2D eigenvalue weighted by atomic mass is 10.1. The summed E-state index contributed by atoms with van der Waals surface area (Å²) in [5, 5.41) is -0.00386. The highest BCUT2D eigenvalue weighted by Crippen LogP contribution is 2.26. The second kappa shape index (κ2) is 9.64. The van der Waals surface area contributed by atoms with E-state index in [2.05, 4.69) is 40.9 Å². The van der Waals surface area contributed by atoms with E-state index in [1.54, 1.807) is 6.08 Å². The maximum absolute atomic E-state index is 6.45. The summed E-state index contributed by atoms with van der Waals surface area (Å²) < 4.78 is 6.24. The van der Waals surface area contributed by atoms with Gasteiger partial charge in [0, 0.05) is 4.83 Å². The molecule has 0 aromatic heterocycles. The molecule has 1 rings (SSSR count). The minimum Gasteiger partial charge on any atom is -0.372 e. The number of alkyl halides is 2. The molecule has 0 amide bonds. The van der Waals surface area contributed by atoms with Crippen LogP contribution < -0.4 is 0 Å². The average Bonchev–Trinajstić information content (AvgIpc) is 2.50. The van der Waals surface area contributed by atoms with Crippen LogP contribution in [0.2, 0.25) is 0 Å². The fourth-order valence-electron chi connectivity index (χ4n) is 2.14. The van der Waals surface area contributed by atoms with Crippen LogP contribution in [0.5, 0.6) is 0 Å². The minimum atomic E-state index is -0.00386.